The summed E-state index contributed by atoms with van der Waals surface area (Å²) >= 11 is 1.32. The van der Waals surface area contributed by atoms with E-state index in [2.05, 4.69) is 10.2 Å². The molecule has 7 nitrogen and oxygen atoms in total. The Bertz CT molecular complexity index is 1130. The number of hydrogen-bond acceptors (Lipinski definition) is 6. The van der Waals surface area contributed by atoms with E-state index in [9.17, 15) is 14.4 Å². The summed E-state index contributed by atoms with van der Waals surface area (Å²) in [5.74, 6) is -1.21. The number of fused-ring (bicyclic) bond motifs is 2. The molecule has 1 aromatic carbocycles. The maximum atomic E-state index is 12.7. The van der Waals surface area contributed by atoms with Crippen LogP contribution in [0.5, 0.6) is 0 Å². The van der Waals surface area contributed by atoms with Gasteiger partial charge in [-0.15, -0.1) is 11.3 Å². The fourth-order valence-corrected chi connectivity index (χ4v) is 4.60. The Morgan fingerprint density at radius 1 is 1.30 bits per heavy atom. The van der Waals surface area contributed by atoms with Crippen LogP contribution in [-0.2, 0) is 13.0 Å². The summed E-state index contributed by atoms with van der Waals surface area (Å²) in [6.07, 6.45) is 0.689. The number of carbonyl (C=O) groups is 2. The van der Waals surface area contributed by atoms with Crippen molar-refractivity contribution in [3.63, 3.8) is 0 Å². The molecule has 0 saturated heterocycles. The van der Waals surface area contributed by atoms with Crippen molar-refractivity contribution < 1.29 is 14.0 Å². The molecule has 2 amide bonds. The zero-order valence-corrected chi connectivity index (χ0v) is 15.4. The monoisotopic (exact) mass is 383 g/mol. The number of hydrogen-bond donors (Lipinski definition) is 2. The summed E-state index contributed by atoms with van der Waals surface area (Å²) in [5.41, 5.74) is 6.34. The number of rotatable bonds is 3. The van der Waals surface area contributed by atoms with Gasteiger partial charge in [-0.05, 0) is 31.2 Å². The molecule has 0 aliphatic carbocycles. The number of thiophene rings is 1. The highest BCUT2D eigenvalue weighted by Gasteiger charge is 2.27. The molecule has 1 aliphatic rings. The summed E-state index contributed by atoms with van der Waals surface area (Å²) < 4.78 is 5.21. The normalized spacial score (nSPS) is 14.1. The minimum Gasteiger partial charge on any atom is -0.422 e. The van der Waals surface area contributed by atoms with Crippen molar-refractivity contribution in [2.75, 3.05) is 18.9 Å². The number of amides is 2. The lowest BCUT2D eigenvalue weighted by molar-refractivity contribution is 0.1000. The van der Waals surface area contributed by atoms with Crippen LogP contribution in [0.3, 0.4) is 0 Å². The fraction of sp³-hybridized carbons (Fsp3) is 0.211. The fourth-order valence-electron chi connectivity index (χ4n) is 3.27. The second-order valence-electron chi connectivity index (χ2n) is 6.50. The Kier molecular flexibility index (Phi) is 4.29. The molecular weight excluding hydrogens is 366 g/mol. The van der Waals surface area contributed by atoms with Gasteiger partial charge in [0.25, 0.3) is 11.8 Å². The van der Waals surface area contributed by atoms with Gasteiger partial charge in [-0.3, -0.25) is 9.59 Å². The minimum atomic E-state index is -0.729. The Hall–Kier alpha value is -2.97. The number of carbonyl (C=O) groups excluding carboxylic acids is 2. The van der Waals surface area contributed by atoms with Gasteiger partial charge < -0.3 is 20.4 Å². The highest BCUT2D eigenvalue weighted by atomic mass is 32.1. The largest absolute Gasteiger partial charge is 0.422 e. The lowest BCUT2D eigenvalue weighted by Crippen LogP contribution is -2.27. The van der Waals surface area contributed by atoms with E-state index in [4.69, 9.17) is 10.2 Å². The van der Waals surface area contributed by atoms with E-state index in [1.165, 1.54) is 17.4 Å². The quantitative estimate of drug-likeness (QED) is 0.675. The third-order valence-corrected chi connectivity index (χ3v) is 5.74. The van der Waals surface area contributed by atoms with Gasteiger partial charge in [0.05, 0.1) is 5.56 Å². The molecule has 0 spiro atoms. The third-order valence-electron chi connectivity index (χ3n) is 4.61. The number of likely N-dealkylation sites (N-methyl/N-ethyl adjacent to an activating group) is 1. The minimum absolute atomic E-state index is 0.118. The molecule has 0 unspecified atom stereocenters. The second-order valence-corrected chi connectivity index (χ2v) is 7.60. The summed E-state index contributed by atoms with van der Waals surface area (Å²) in [6, 6.07) is 8.44. The van der Waals surface area contributed by atoms with Crippen LogP contribution in [0, 0.1) is 0 Å². The predicted molar refractivity (Wildman–Crippen MR) is 103 cm³/mol. The van der Waals surface area contributed by atoms with Crippen LogP contribution < -0.4 is 16.7 Å². The highest BCUT2D eigenvalue weighted by molar-refractivity contribution is 7.17. The number of nitrogens with one attached hydrogen (secondary N) is 1. The van der Waals surface area contributed by atoms with Gasteiger partial charge in [-0.25, -0.2) is 4.79 Å². The standard InChI is InChI=1S/C19H17N3O4S/c1-22-7-6-11-14(9-22)27-18(15(11)16(20)23)21-17(24)12-8-10-4-2-3-5-13(10)26-19(12)25/h2-5,8H,6-7,9H2,1H3,(H2,20,23)(H,21,24). The molecule has 0 atom stereocenters. The molecule has 0 saturated carbocycles. The molecule has 27 heavy (non-hydrogen) atoms. The van der Waals surface area contributed by atoms with Gasteiger partial charge >= 0.3 is 5.63 Å². The predicted octanol–water partition coefficient (Wildman–Crippen LogP) is 2.19. The second kappa shape index (κ2) is 6.64. The molecule has 3 heterocycles. The van der Waals surface area contributed by atoms with Crippen LogP contribution in [0.15, 0.2) is 39.5 Å². The molecule has 2 aromatic heterocycles. The number of benzene rings is 1. The molecule has 0 radical (unpaired) electrons. The SMILES string of the molecule is CN1CCc2c(sc(NC(=O)c3cc4ccccc4oc3=O)c2C(N)=O)C1. The smallest absolute Gasteiger partial charge is 0.349 e. The average Bonchev–Trinajstić information content (AvgIpc) is 2.97. The first-order valence-electron chi connectivity index (χ1n) is 8.41. The summed E-state index contributed by atoms with van der Waals surface area (Å²) in [5, 5.41) is 3.70. The van der Waals surface area contributed by atoms with E-state index >= 15 is 0 Å². The van der Waals surface area contributed by atoms with Crippen molar-refractivity contribution in [3.8, 4) is 0 Å². The summed E-state index contributed by atoms with van der Waals surface area (Å²) in [7, 11) is 1.99. The van der Waals surface area contributed by atoms with Crippen molar-refractivity contribution in [1.29, 1.82) is 0 Å². The van der Waals surface area contributed by atoms with Gasteiger partial charge in [0.15, 0.2) is 0 Å². The van der Waals surface area contributed by atoms with E-state index in [0.29, 0.717) is 34.5 Å². The van der Waals surface area contributed by atoms with Crippen LogP contribution in [-0.4, -0.2) is 30.3 Å². The molecule has 1 aliphatic heterocycles. The molecule has 4 rings (SSSR count). The zero-order chi connectivity index (χ0) is 19.1. The van der Waals surface area contributed by atoms with Crippen molar-refractivity contribution in [2.45, 2.75) is 13.0 Å². The lowest BCUT2D eigenvalue weighted by Gasteiger charge is -2.22. The lowest BCUT2D eigenvalue weighted by atomic mass is 10.0. The van der Waals surface area contributed by atoms with E-state index in [1.807, 2.05) is 7.05 Å². The molecule has 8 heteroatoms. The van der Waals surface area contributed by atoms with E-state index in [0.717, 1.165) is 17.0 Å². The van der Waals surface area contributed by atoms with Crippen LogP contribution >= 0.6 is 11.3 Å². The highest BCUT2D eigenvalue weighted by Crippen LogP contribution is 2.36. The van der Waals surface area contributed by atoms with Crippen molar-refractivity contribution in [1.82, 2.24) is 4.90 Å². The molecule has 3 aromatic rings. The number of para-hydroxylation sites is 1. The molecule has 0 fully saturated rings. The van der Waals surface area contributed by atoms with Crippen molar-refractivity contribution in [3.05, 3.63) is 62.3 Å². The van der Waals surface area contributed by atoms with Crippen LogP contribution in [0.25, 0.3) is 11.0 Å². The van der Waals surface area contributed by atoms with E-state index in [1.54, 1.807) is 24.3 Å². The summed E-state index contributed by atoms with van der Waals surface area (Å²) in [6.45, 7) is 1.50. The third kappa shape index (κ3) is 3.13. The first kappa shape index (κ1) is 17.4. The molecule has 3 N–H and O–H groups in total. The number of primary amides is 1. The Morgan fingerprint density at radius 2 is 2.07 bits per heavy atom. The zero-order valence-electron chi connectivity index (χ0n) is 14.6. The number of nitrogens with two attached hydrogens (primary N) is 1. The van der Waals surface area contributed by atoms with Crippen molar-refractivity contribution >= 4 is 39.1 Å². The van der Waals surface area contributed by atoms with Gasteiger partial charge in [0, 0.05) is 23.4 Å². The first-order valence-corrected chi connectivity index (χ1v) is 9.23. The Labute approximate surface area is 158 Å². The van der Waals surface area contributed by atoms with E-state index in [-0.39, 0.29) is 5.56 Å². The maximum absolute atomic E-state index is 12.7. The van der Waals surface area contributed by atoms with Crippen LogP contribution in [0.2, 0.25) is 0 Å². The Morgan fingerprint density at radius 3 is 2.85 bits per heavy atom. The van der Waals surface area contributed by atoms with Crippen LogP contribution in [0.1, 0.15) is 31.2 Å². The van der Waals surface area contributed by atoms with Gasteiger partial charge in [-0.1, -0.05) is 18.2 Å². The number of anilines is 1. The van der Waals surface area contributed by atoms with Gasteiger partial charge in [0.1, 0.15) is 16.1 Å². The molecule has 0 bridgehead atoms. The number of nitrogens with zero attached hydrogens (tertiary/aromatic N) is 1. The van der Waals surface area contributed by atoms with Gasteiger partial charge in [0.2, 0.25) is 0 Å². The van der Waals surface area contributed by atoms with Crippen molar-refractivity contribution in [2.24, 2.45) is 5.73 Å². The van der Waals surface area contributed by atoms with Gasteiger partial charge in [-0.2, -0.15) is 0 Å². The summed E-state index contributed by atoms with van der Waals surface area (Å²) in [4.78, 5) is 40.0. The first-order chi connectivity index (χ1) is 12.9. The molecule has 138 valence electrons. The van der Waals surface area contributed by atoms with Crippen LogP contribution in [0.4, 0.5) is 5.00 Å². The van der Waals surface area contributed by atoms with E-state index < -0.39 is 17.4 Å². The topological polar surface area (TPSA) is 106 Å². The Balaban J connectivity index is 1.72. The maximum Gasteiger partial charge on any atom is 0.349 e. The average molecular weight is 383 g/mol. The molecular formula is C19H17N3O4S.